The van der Waals surface area contributed by atoms with E-state index in [0.29, 0.717) is 18.2 Å². The summed E-state index contributed by atoms with van der Waals surface area (Å²) < 4.78 is 7.48. The predicted octanol–water partition coefficient (Wildman–Crippen LogP) is 5.37. The van der Waals surface area contributed by atoms with E-state index in [2.05, 4.69) is 44.8 Å². The molecule has 0 unspecified atom stereocenters. The van der Waals surface area contributed by atoms with Gasteiger partial charge in [-0.3, -0.25) is 9.30 Å². The number of hydrogen-bond acceptors (Lipinski definition) is 6. The Morgan fingerprint density at radius 2 is 1.95 bits per heavy atom. The zero-order chi connectivity index (χ0) is 27.7. The van der Waals surface area contributed by atoms with Crippen LogP contribution in [0.15, 0.2) is 54.7 Å². The fourth-order valence-electron chi connectivity index (χ4n) is 5.53. The van der Waals surface area contributed by atoms with Crippen molar-refractivity contribution in [3.63, 3.8) is 0 Å². The number of carbonyl (C=O) groups is 1. The molecule has 1 N–H and O–H groups in total. The van der Waals surface area contributed by atoms with Gasteiger partial charge in [0, 0.05) is 44.0 Å². The van der Waals surface area contributed by atoms with Crippen molar-refractivity contribution >= 4 is 28.5 Å². The fourth-order valence-corrected chi connectivity index (χ4v) is 5.53. The molecular formula is C31H36N6O2. The number of anilines is 1. The maximum atomic E-state index is 12.1. The monoisotopic (exact) mass is 524 g/mol. The molecule has 0 saturated carbocycles. The lowest BCUT2D eigenvalue weighted by Crippen LogP contribution is -2.41. The highest BCUT2D eigenvalue weighted by molar-refractivity contribution is 6.05. The molecule has 1 aliphatic rings. The first-order valence-corrected chi connectivity index (χ1v) is 13.5. The van der Waals surface area contributed by atoms with Crippen molar-refractivity contribution in [1.82, 2.24) is 19.6 Å². The number of nitrogens with one attached hydrogen (secondary N) is 1. The molecule has 0 aliphatic carbocycles. The SMILES string of the molecule is Cc1c(-c2ccccc2)c(N2CC[C@H](N(C)CCNC(=O)OC(C)(C)C)C2)c2c(nc3ccccn32)c1C#N. The molecular weight excluding hydrogens is 488 g/mol. The predicted molar refractivity (Wildman–Crippen MR) is 155 cm³/mol. The van der Waals surface area contributed by atoms with Crippen LogP contribution >= 0.6 is 0 Å². The van der Waals surface area contributed by atoms with E-state index in [-0.39, 0.29) is 6.09 Å². The van der Waals surface area contributed by atoms with Crippen LogP contribution in [0, 0.1) is 18.3 Å². The number of aromatic nitrogens is 2. The highest BCUT2D eigenvalue weighted by atomic mass is 16.6. The van der Waals surface area contributed by atoms with Gasteiger partial charge in [-0.15, -0.1) is 0 Å². The summed E-state index contributed by atoms with van der Waals surface area (Å²) >= 11 is 0. The van der Waals surface area contributed by atoms with E-state index in [1.165, 1.54) is 0 Å². The number of likely N-dealkylation sites (N-methyl/N-ethyl adjacent to an activating group) is 1. The normalized spacial score (nSPS) is 15.7. The number of rotatable bonds is 6. The molecule has 1 atom stereocenters. The van der Waals surface area contributed by atoms with E-state index < -0.39 is 5.60 Å². The van der Waals surface area contributed by atoms with Crippen molar-refractivity contribution < 1.29 is 9.53 Å². The minimum atomic E-state index is -0.513. The van der Waals surface area contributed by atoms with Crippen LogP contribution in [-0.4, -0.2) is 65.2 Å². The summed E-state index contributed by atoms with van der Waals surface area (Å²) in [4.78, 5) is 21.7. The lowest BCUT2D eigenvalue weighted by atomic mass is 9.92. The number of fused-ring (bicyclic) bond motifs is 3. The van der Waals surface area contributed by atoms with E-state index in [1.807, 2.05) is 70.3 Å². The van der Waals surface area contributed by atoms with Gasteiger partial charge in [-0.1, -0.05) is 36.4 Å². The van der Waals surface area contributed by atoms with Gasteiger partial charge >= 0.3 is 6.09 Å². The molecule has 8 heteroatoms. The number of alkyl carbamates (subject to hydrolysis) is 1. The van der Waals surface area contributed by atoms with E-state index >= 15 is 0 Å². The number of imidazole rings is 1. The molecule has 0 bridgehead atoms. The zero-order valence-corrected chi connectivity index (χ0v) is 23.4. The van der Waals surface area contributed by atoms with Gasteiger partial charge in [-0.25, -0.2) is 9.78 Å². The number of nitriles is 1. The fraction of sp³-hybridized carbons (Fsp3) is 0.387. The van der Waals surface area contributed by atoms with E-state index in [9.17, 15) is 10.1 Å². The van der Waals surface area contributed by atoms with Gasteiger partial charge in [-0.05, 0) is 64.4 Å². The third-order valence-corrected chi connectivity index (χ3v) is 7.39. The van der Waals surface area contributed by atoms with Crippen molar-refractivity contribution in [3.8, 4) is 17.2 Å². The topological polar surface area (TPSA) is 85.9 Å². The molecule has 2 aromatic carbocycles. The number of ether oxygens (including phenoxy) is 1. The van der Waals surface area contributed by atoms with Crippen molar-refractivity contribution in [1.29, 1.82) is 5.26 Å². The summed E-state index contributed by atoms with van der Waals surface area (Å²) in [5.41, 5.74) is 6.90. The summed E-state index contributed by atoms with van der Waals surface area (Å²) in [6, 6.07) is 19.1. The molecule has 0 spiro atoms. The Labute approximate surface area is 229 Å². The summed E-state index contributed by atoms with van der Waals surface area (Å²) in [5.74, 6) is 0. The van der Waals surface area contributed by atoms with Crippen LogP contribution in [0.2, 0.25) is 0 Å². The first-order valence-electron chi connectivity index (χ1n) is 13.5. The van der Waals surface area contributed by atoms with E-state index in [4.69, 9.17) is 9.72 Å². The minimum absolute atomic E-state index is 0.319. The summed E-state index contributed by atoms with van der Waals surface area (Å²) in [6.45, 7) is 10.6. The van der Waals surface area contributed by atoms with Crippen LogP contribution in [0.4, 0.5) is 10.5 Å². The molecule has 4 aromatic rings. The molecule has 1 saturated heterocycles. The lowest BCUT2D eigenvalue weighted by Gasteiger charge is -2.28. The molecule has 2 aromatic heterocycles. The zero-order valence-electron chi connectivity index (χ0n) is 23.4. The van der Waals surface area contributed by atoms with Crippen LogP contribution in [-0.2, 0) is 4.74 Å². The largest absolute Gasteiger partial charge is 0.444 e. The molecule has 1 fully saturated rings. The maximum Gasteiger partial charge on any atom is 0.407 e. The quantitative estimate of drug-likeness (QED) is 0.365. The lowest BCUT2D eigenvalue weighted by molar-refractivity contribution is 0.0521. The number of nitrogens with zero attached hydrogens (tertiary/aromatic N) is 5. The van der Waals surface area contributed by atoms with Gasteiger partial charge in [0.2, 0.25) is 0 Å². The highest BCUT2D eigenvalue weighted by Crippen LogP contribution is 2.44. The molecule has 0 radical (unpaired) electrons. The number of hydrogen-bond donors (Lipinski definition) is 1. The Balaban J connectivity index is 1.49. The molecule has 8 nitrogen and oxygen atoms in total. The third-order valence-electron chi connectivity index (χ3n) is 7.39. The van der Waals surface area contributed by atoms with Gasteiger partial charge in [0.25, 0.3) is 0 Å². The van der Waals surface area contributed by atoms with Gasteiger partial charge < -0.3 is 15.0 Å². The number of carbonyl (C=O) groups excluding carboxylic acids is 1. The number of amides is 1. The average molecular weight is 525 g/mol. The van der Waals surface area contributed by atoms with Gasteiger partial charge in [-0.2, -0.15) is 5.26 Å². The third kappa shape index (κ3) is 5.27. The second-order valence-electron chi connectivity index (χ2n) is 11.2. The Morgan fingerprint density at radius 3 is 2.67 bits per heavy atom. The van der Waals surface area contributed by atoms with Crippen LogP contribution in [0.1, 0.15) is 38.3 Å². The molecule has 1 amide bonds. The van der Waals surface area contributed by atoms with Gasteiger partial charge in [0.1, 0.15) is 22.8 Å². The number of pyridine rings is 1. The Hall–Kier alpha value is -4.09. The first kappa shape index (κ1) is 26.5. The molecule has 202 valence electrons. The summed E-state index contributed by atoms with van der Waals surface area (Å²) in [6.07, 6.45) is 2.63. The summed E-state index contributed by atoms with van der Waals surface area (Å²) in [5, 5.41) is 13.1. The Bertz CT molecular complexity index is 1550. The van der Waals surface area contributed by atoms with Crippen molar-refractivity contribution in [2.45, 2.75) is 45.8 Å². The standard InChI is InChI=1S/C31H36N6O2/c1-21-24(19-32)27-29(37-16-10-9-13-25(37)34-27)28(26(21)22-11-7-6-8-12-22)36-17-14-23(20-36)35(5)18-15-33-30(38)39-31(2,3)4/h6-13,16,23H,14-15,17-18,20H2,1-5H3,(H,33,38)/t23-/m0/s1. The van der Waals surface area contributed by atoms with Crippen LogP contribution in [0.3, 0.4) is 0 Å². The van der Waals surface area contributed by atoms with Crippen LogP contribution in [0.5, 0.6) is 0 Å². The first-order chi connectivity index (χ1) is 18.7. The van der Waals surface area contributed by atoms with Gasteiger partial charge in [0.05, 0.1) is 16.8 Å². The molecule has 5 rings (SSSR count). The smallest absolute Gasteiger partial charge is 0.407 e. The Morgan fingerprint density at radius 1 is 1.21 bits per heavy atom. The molecule has 1 aliphatic heterocycles. The minimum Gasteiger partial charge on any atom is -0.444 e. The van der Waals surface area contributed by atoms with Gasteiger partial charge in [0.15, 0.2) is 0 Å². The Kier molecular flexibility index (Phi) is 7.19. The van der Waals surface area contributed by atoms with Crippen molar-refractivity contribution in [2.75, 3.05) is 38.1 Å². The maximum absolute atomic E-state index is 12.1. The second-order valence-corrected chi connectivity index (χ2v) is 11.2. The average Bonchev–Trinajstić information content (AvgIpc) is 3.53. The summed E-state index contributed by atoms with van der Waals surface area (Å²) in [7, 11) is 2.11. The van der Waals surface area contributed by atoms with Crippen molar-refractivity contribution in [3.05, 3.63) is 65.9 Å². The van der Waals surface area contributed by atoms with E-state index in [1.54, 1.807) is 0 Å². The van der Waals surface area contributed by atoms with E-state index in [0.717, 1.165) is 65.1 Å². The molecule has 39 heavy (non-hydrogen) atoms. The van der Waals surface area contributed by atoms with Crippen molar-refractivity contribution in [2.24, 2.45) is 0 Å². The molecule has 3 heterocycles. The second kappa shape index (κ2) is 10.6. The van der Waals surface area contributed by atoms with Crippen LogP contribution in [0.25, 0.3) is 27.8 Å². The number of benzene rings is 2. The highest BCUT2D eigenvalue weighted by Gasteiger charge is 2.32. The van der Waals surface area contributed by atoms with Crippen LogP contribution < -0.4 is 10.2 Å².